The normalized spacial score (nSPS) is 10.3. The molecule has 0 aliphatic rings. The topological polar surface area (TPSA) is 47.3 Å². The number of methoxy groups -OCH3 is 1. The Morgan fingerprint density at radius 3 is 2.40 bits per heavy atom. The first kappa shape index (κ1) is 9.58. The molecule has 0 radical (unpaired) electrons. The maximum atomic E-state index is 9.58. The molecule has 0 saturated carbocycles. The first-order valence-corrected chi connectivity index (χ1v) is 4.61. The van der Waals surface area contributed by atoms with Gasteiger partial charge in [0.2, 0.25) is 5.88 Å². The Morgan fingerprint density at radius 2 is 1.93 bits per heavy atom. The molecule has 2 rings (SSSR count). The number of nitrogens with zero attached hydrogens (tertiary/aromatic N) is 2. The van der Waals surface area contributed by atoms with Crippen LogP contribution in [0.1, 0.15) is 5.69 Å². The lowest BCUT2D eigenvalue weighted by Gasteiger charge is -2.04. The van der Waals surface area contributed by atoms with E-state index in [0.29, 0.717) is 0 Å². The van der Waals surface area contributed by atoms with E-state index in [9.17, 15) is 5.11 Å². The highest BCUT2D eigenvalue weighted by Gasteiger charge is 2.05. The average molecular weight is 204 g/mol. The molecule has 0 saturated heterocycles. The average Bonchev–Trinajstić information content (AvgIpc) is 2.58. The summed E-state index contributed by atoms with van der Waals surface area (Å²) in [6.45, 7) is 1.83. The standard InChI is InChI=1S/C11H12N2O2/c1-8-7-11(14)13(12-8)9-3-5-10(15-2)6-4-9/h3-7,14H,1-2H3. The second-order valence-electron chi connectivity index (χ2n) is 3.25. The summed E-state index contributed by atoms with van der Waals surface area (Å²) in [5.74, 6) is 0.916. The van der Waals surface area contributed by atoms with Crippen molar-refractivity contribution < 1.29 is 9.84 Å². The summed E-state index contributed by atoms with van der Waals surface area (Å²) in [7, 11) is 1.62. The van der Waals surface area contributed by atoms with Gasteiger partial charge in [0, 0.05) is 6.07 Å². The third-order valence-corrected chi connectivity index (χ3v) is 2.13. The van der Waals surface area contributed by atoms with Crippen molar-refractivity contribution in [1.29, 1.82) is 0 Å². The van der Waals surface area contributed by atoms with E-state index in [4.69, 9.17) is 4.74 Å². The molecule has 0 fully saturated rings. The molecule has 0 atom stereocenters. The van der Waals surface area contributed by atoms with Gasteiger partial charge in [-0.3, -0.25) is 0 Å². The van der Waals surface area contributed by atoms with Crippen molar-refractivity contribution in [1.82, 2.24) is 9.78 Å². The van der Waals surface area contributed by atoms with Crippen molar-refractivity contribution in [2.24, 2.45) is 0 Å². The summed E-state index contributed by atoms with van der Waals surface area (Å²) >= 11 is 0. The van der Waals surface area contributed by atoms with Crippen LogP contribution >= 0.6 is 0 Å². The Labute approximate surface area is 87.7 Å². The summed E-state index contributed by atoms with van der Waals surface area (Å²) < 4.78 is 6.53. The molecule has 1 N–H and O–H groups in total. The van der Waals surface area contributed by atoms with Gasteiger partial charge in [-0.15, -0.1) is 0 Å². The molecule has 78 valence electrons. The zero-order valence-corrected chi connectivity index (χ0v) is 8.64. The highest BCUT2D eigenvalue weighted by molar-refractivity contribution is 5.39. The SMILES string of the molecule is COc1ccc(-n2nc(C)cc2O)cc1. The number of hydrogen-bond donors (Lipinski definition) is 1. The first-order chi connectivity index (χ1) is 7.20. The zero-order valence-electron chi connectivity index (χ0n) is 8.64. The van der Waals surface area contributed by atoms with E-state index in [2.05, 4.69) is 5.10 Å². The lowest BCUT2D eigenvalue weighted by molar-refractivity contribution is 0.414. The van der Waals surface area contributed by atoms with E-state index in [1.807, 2.05) is 31.2 Å². The van der Waals surface area contributed by atoms with E-state index in [1.54, 1.807) is 13.2 Å². The van der Waals surface area contributed by atoms with Gasteiger partial charge in [0.05, 0.1) is 18.5 Å². The molecule has 4 nitrogen and oxygen atoms in total. The summed E-state index contributed by atoms with van der Waals surface area (Å²) in [6, 6.07) is 8.94. The molecule has 15 heavy (non-hydrogen) atoms. The molecule has 1 aromatic carbocycles. The number of benzene rings is 1. The van der Waals surface area contributed by atoms with Gasteiger partial charge in [0.1, 0.15) is 5.75 Å². The molecular weight excluding hydrogens is 192 g/mol. The Morgan fingerprint density at radius 1 is 1.27 bits per heavy atom. The fourth-order valence-corrected chi connectivity index (χ4v) is 1.40. The van der Waals surface area contributed by atoms with Crippen molar-refractivity contribution in [3.8, 4) is 17.3 Å². The van der Waals surface area contributed by atoms with Crippen LogP contribution in [-0.2, 0) is 0 Å². The van der Waals surface area contributed by atoms with E-state index >= 15 is 0 Å². The molecule has 0 unspecified atom stereocenters. The predicted molar refractivity (Wildman–Crippen MR) is 56.5 cm³/mol. The second kappa shape index (κ2) is 3.65. The number of aromatic nitrogens is 2. The molecule has 2 aromatic rings. The summed E-state index contributed by atoms with van der Waals surface area (Å²) in [4.78, 5) is 0. The molecule has 1 heterocycles. The molecule has 0 amide bonds. The van der Waals surface area contributed by atoms with Crippen LogP contribution in [-0.4, -0.2) is 22.0 Å². The fourth-order valence-electron chi connectivity index (χ4n) is 1.40. The highest BCUT2D eigenvalue weighted by Crippen LogP contribution is 2.19. The monoisotopic (exact) mass is 204 g/mol. The third kappa shape index (κ3) is 1.79. The van der Waals surface area contributed by atoms with Crippen molar-refractivity contribution in [3.63, 3.8) is 0 Å². The Bertz CT molecular complexity index is 460. The van der Waals surface area contributed by atoms with Gasteiger partial charge in [0.15, 0.2) is 0 Å². The highest BCUT2D eigenvalue weighted by atomic mass is 16.5. The second-order valence-corrected chi connectivity index (χ2v) is 3.25. The minimum atomic E-state index is 0.137. The number of rotatable bonds is 2. The molecule has 0 aliphatic carbocycles. The molecule has 4 heteroatoms. The van der Waals surface area contributed by atoms with Gasteiger partial charge < -0.3 is 9.84 Å². The predicted octanol–water partition coefficient (Wildman–Crippen LogP) is 1.89. The molecule has 0 bridgehead atoms. The Hall–Kier alpha value is -1.97. The molecule has 0 spiro atoms. The number of ether oxygens (including phenoxy) is 1. The summed E-state index contributed by atoms with van der Waals surface area (Å²) in [5, 5.41) is 13.7. The quantitative estimate of drug-likeness (QED) is 0.812. The Kier molecular flexibility index (Phi) is 2.33. The molecule has 1 aromatic heterocycles. The summed E-state index contributed by atoms with van der Waals surface area (Å²) in [5.41, 5.74) is 1.59. The minimum Gasteiger partial charge on any atom is -0.497 e. The molecular formula is C11H12N2O2. The lowest BCUT2D eigenvalue weighted by Crippen LogP contribution is -1.95. The van der Waals surface area contributed by atoms with Crippen molar-refractivity contribution >= 4 is 0 Å². The van der Waals surface area contributed by atoms with Crippen LogP contribution in [0.25, 0.3) is 5.69 Å². The molecule has 0 aliphatic heterocycles. The first-order valence-electron chi connectivity index (χ1n) is 4.61. The van der Waals surface area contributed by atoms with Gasteiger partial charge in [-0.05, 0) is 31.2 Å². The van der Waals surface area contributed by atoms with Gasteiger partial charge in [0.25, 0.3) is 0 Å². The number of hydrogen-bond acceptors (Lipinski definition) is 3. The summed E-state index contributed by atoms with van der Waals surface area (Å²) in [6.07, 6.45) is 0. The van der Waals surface area contributed by atoms with Crippen molar-refractivity contribution in [3.05, 3.63) is 36.0 Å². The van der Waals surface area contributed by atoms with Crippen LogP contribution < -0.4 is 4.74 Å². The van der Waals surface area contributed by atoms with E-state index < -0.39 is 0 Å². The Balaban J connectivity index is 2.41. The minimum absolute atomic E-state index is 0.137. The van der Waals surface area contributed by atoms with Crippen LogP contribution in [0, 0.1) is 6.92 Å². The van der Waals surface area contributed by atoms with Crippen molar-refractivity contribution in [2.75, 3.05) is 7.11 Å². The zero-order chi connectivity index (χ0) is 10.8. The lowest BCUT2D eigenvalue weighted by atomic mass is 10.3. The maximum absolute atomic E-state index is 9.58. The van der Waals surface area contributed by atoms with Gasteiger partial charge >= 0.3 is 0 Å². The van der Waals surface area contributed by atoms with Gasteiger partial charge in [-0.25, -0.2) is 4.68 Å². The van der Waals surface area contributed by atoms with Crippen molar-refractivity contribution in [2.45, 2.75) is 6.92 Å². The van der Waals surface area contributed by atoms with Crippen LogP contribution in [0.15, 0.2) is 30.3 Å². The number of aryl methyl sites for hydroxylation is 1. The smallest absolute Gasteiger partial charge is 0.214 e. The number of aromatic hydroxyl groups is 1. The van der Waals surface area contributed by atoms with E-state index in [-0.39, 0.29) is 5.88 Å². The largest absolute Gasteiger partial charge is 0.497 e. The van der Waals surface area contributed by atoms with Crippen LogP contribution in [0.4, 0.5) is 0 Å². The van der Waals surface area contributed by atoms with E-state index in [0.717, 1.165) is 17.1 Å². The van der Waals surface area contributed by atoms with E-state index in [1.165, 1.54) is 4.68 Å². The van der Waals surface area contributed by atoms with Crippen LogP contribution in [0.2, 0.25) is 0 Å². The van der Waals surface area contributed by atoms with Crippen LogP contribution in [0.3, 0.4) is 0 Å². The maximum Gasteiger partial charge on any atom is 0.214 e. The van der Waals surface area contributed by atoms with Gasteiger partial charge in [-0.1, -0.05) is 0 Å². The van der Waals surface area contributed by atoms with Gasteiger partial charge in [-0.2, -0.15) is 5.10 Å². The third-order valence-electron chi connectivity index (χ3n) is 2.13. The fraction of sp³-hybridized carbons (Fsp3) is 0.182. The van der Waals surface area contributed by atoms with Crippen LogP contribution in [0.5, 0.6) is 11.6 Å².